The average Bonchev–Trinajstić information content (AvgIpc) is 2.91. The molecule has 2 fully saturated rings. The summed E-state index contributed by atoms with van der Waals surface area (Å²) >= 11 is 0. The molecule has 1 atom stereocenters. The maximum atomic E-state index is 9.61. The Bertz CT molecular complexity index is 497. The van der Waals surface area contributed by atoms with Crippen molar-refractivity contribution in [3.8, 4) is 0 Å². The Morgan fingerprint density at radius 3 is 2.61 bits per heavy atom. The summed E-state index contributed by atoms with van der Waals surface area (Å²) in [6.45, 7) is 5.66. The van der Waals surface area contributed by atoms with Crippen molar-refractivity contribution < 1.29 is 10.2 Å². The van der Waals surface area contributed by atoms with E-state index >= 15 is 0 Å². The van der Waals surface area contributed by atoms with Crippen LogP contribution in [-0.4, -0.2) is 80.2 Å². The molecule has 2 N–H and O–H groups in total. The molecule has 2 aliphatic heterocycles. The molecule has 0 unspecified atom stereocenters. The number of rotatable bonds is 5. The zero-order valence-corrected chi connectivity index (χ0v) is 14.1. The second kappa shape index (κ2) is 7.70. The summed E-state index contributed by atoms with van der Waals surface area (Å²) in [5, 5.41) is 27.6. The third-order valence-corrected chi connectivity index (χ3v) is 5.21. The third-order valence-electron chi connectivity index (χ3n) is 5.21. The van der Waals surface area contributed by atoms with Crippen molar-refractivity contribution in [2.75, 3.05) is 39.3 Å². The Kier molecular flexibility index (Phi) is 5.63. The van der Waals surface area contributed by atoms with Gasteiger partial charge in [-0.05, 0) is 32.2 Å². The molecule has 2 aliphatic rings. The summed E-state index contributed by atoms with van der Waals surface area (Å²) in [6, 6.07) is 0. The molecule has 130 valence electrons. The quantitative estimate of drug-likeness (QED) is 0.791. The number of hydrogen-bond donors (Lipinski definition) is 2. The second-order valence-electron chi connectivity index (χ2n) is 6.90. The fourth-order valence-corrected chi connectivity index (χ4v) is 3.76. The smallest absolute Gasteiger partial charge is 0.146 e. The zero-order valence-electron chi connectivity index (χ0n) is 14.1. The van der Waals surface area contributed by atoms with Gasteiger partial charge in [0.2, 0.25) is 0 Å². The molecule has 23 heavy (non-hydrogen) atoms. The maximum Gasteiger partial charge on any atom is 0.146 e. The van der Waals surface area contributed by atoms with Gasteiger partial charge in [0.15, 0.2) is 0 Å². The number of likely N-dealkylation sites (tertiary alicyclic amines) is 2. The molecule has 3 rings (SSSR count). The van der Waals surface area contributed by atoms with E-state index in [-0.39, 0.29) is 12.7 Å². The fraction of sp³-hybridized carbons (Fsp3) is 0.875. The second-order valence-corrected chi connectivity index (χ2v) is 6.90. The molecule has 0 saturated carbocycles. The standard InChI is InChI=1S/C16H29N5O2/c1-19-15(12-21-7-4-14(23)5-8-21)17-18-16(19)13-3-2-6-20(11-13)9-10-22/h13-14,22-23H,2-12H2,1H3/t13-/m0/s1. The predicted octanol–water partition coefficient (Wildman–Crippen LogP) is -0.0565. The van der Waals surface area contributed by atoms with Gasteiger partial charge in [-0.15, -0.1) is 10.2 Å². The lowest BCUT2D eigenvalue weighted by molar-refractivity contribution is 0.0775. The van der Waals surface area contributed by atoms with E-state index in [4.69, 9.17) is 5.11 Å². The lowest BCUT2D eigenvalue weighted by Gasteiger charge is -2.32. The first kappa shape index (κ1) is 16.8. The van der Waals surface area contributed by atoms with Crippen molar-refractivity contribution in [2.24, 2.45) is 7.05 Å². The zero-order chi connectivity index (χ0) is 16.2. The Hall–Kier alpha value is -1.02. The molecule has 3 heterocycles. The Morgan fingerprint density at radius 2 is 1.87 bits per heavy atom. The Morgan fingerprint density at radius 1 is 1.09 bits per heavy atom. The molecule has 0 bridgehead atoms. The van der Waals surface area contributed by atoms with Crippen LogP contribution in [0.25, 0.3) is 0 Å². The molecule has 0 amide bonds. The van der Waals surface area contributed by atoms with Crippen LogP contribution in [0.4, 0.5) is 0 Å². The van der Waals surface area contributed by atoms with Gasteiger partial charge in [0.25, 0.3) is 0 Å². The molecule has 7 nitrogen and oxygen atoms in total. The minimum absolute atomic E-state index is 0.138. The van der Waals surface area contributed by atoms with Crippen molar-refractivity contribution in [1.29, 1.82) is 0 Å². The van der Waals surface area contributed by atoms with Crippen molar-refractivity contribution in [3.05, 3.63) is 11.6 Å². The van der Waals surface area contributed by atoms with Crippen LogP contribution >= 0.6 is 0 Å². The lowest BCUT2D eigenvalue weighted by atomic mass is 9.97. The van der Waals surface area contributed by atoms with Crippen LogP contribution in [0.1, 0.15) is 43.3 Å². The van der Waals surface area contributed by atoms with E-state index in [1.54, 1.807) is 0 Å². The van der Waals surface area contributed by atoms with Crippen LogP contribution in [0.5, 0.6) is 0 Å². The Balaban J connectivity index is 1.62. The van der Waals surface area contributed by atoms with Crippen LogP contribution in [0.15, 0.2) is 0 Å². The van der Waals surface area contributed by atoms with Crippen molar-refractivity contribution in [2.45, 2.75) is 44.2 Å². The fourth-order valence-electron chi connectivity index (χ4n) is 3.76. The van der Waals surface area contributed by atoms with E-state index in [1.807, 2.05) is 0 Å². The summed E-state index contributed by atoms with van der Waals surface area (Å²) in [5.74, 6) is 2.49. The largest absolute Gasteiger partial charge is 0.395 e. The maximum absolute atomic E-state index is 9.61. The van der Waals surface area contributed by atoms with E-state index in [0.29, 0.717) is 5.92 Å². The van der Waals surface area contributed by atoms with Gasteiger partial charge in [-0.25, -0.2) is 0 Å². The minimum atomic E-state index is -0.138. The molecule has 1 aromatic rings. The van der Waals surface area contributed by atoms with Gasteiger partial charge in [-0.2, -0.15) is 0 Å². The van der Waals surface area contributed by atoms with Crippen LogP contribution in [-0.2, 0) is 13.6 Å². The van der Waals surface area contributed by atoms with Gasteiger partial charge in [-0.1, -0.05) is 0 Å². The highest BCUT2D eigenvalue weighted by atomic mass is 16.3. The normalized spacial score (nSPS) is 25.1. The number of piperidine rings is 2. The summed E-state index contributed by atoms with van der Waals surface area (Å²) in [4.78, 5) is 4.66. The molecule has 0 spiro atoms. The molecule has 7 heteroatoms. The van der Waals surface area contributed by atoms with Crippen LogP contribution in [0.3, 0.4) is 0 Å². The van der Waals surface area contributed by atoms with E-state index in [9.17, 15) is 5.11 Å². The lowest BCUT2D eigenvalue weighted by Crippen LogP contribution is -2.37. The van der Waals surface area contributed by atoms with E-state index < -0.39 is 0 Å². The van der Waals surface area contributed by atoms with Crippen molar-refractivity contribution in [3.63, 3.8) is 0 Å². The first-order valence-electron chi connectivity index (χ1n) is 8.79. The average molecular weight is 323 g/mol. The molecule has 0 radical (unpaired) electrons. The molecule has 1 aromatic heterocycles. The SMILES string of the molecule is Cn1c(CN2CCC(O)CC2)nnc1[C@H]1CCCN(CCO)C1. The number of aliphatic hydroxyl groups excluding tert-OH is 2. The highest BCUT2D eigenvalue weighted by Gasteiger charge is 2.26. The summed E-state index contributed by atoms with van der Waals surface area (Å²) in [6.07, 6.45) is 3.86. The summed E-state index contributed by atoms with van der Waals surface area (Å²) < 4.78 is 2.15. The number of hydrogen-bond acceptors (Lipinski definition) is 6. The first-order chi connectivity index (χ1) is 11.2. The van der Waals surface area contributed by atoms with Crippen LogP contribution in [0, 0.1) is 0 Å². The highest BCUT2D eigenvalue weighted by Crippen LogP contribution is 2.26. The van der Waals surface area contributed by atoms with E-state index in [1.165, 1.54) is 0 Å². The Labute approximate surface area is 137 Å². The number of nitrogens with zero attached hydrogens (tertiary/aromatic N) is 5. The predicted molar refractivity (Wildman–Crippen MR) is 87.0 cm³/mol. The molecule has 0 aromatic carbocycles. The molecule has 0 aliphatic carbocycles. The highest BCUT2D eigenvalue weighted by molar-refractivity contribution is 5.04. The number of aromatic nitrogens is 3. The topological polar surface area (TPSA) is 77.7 Å². The third kappa shape index (κ3) is 4.09. The first-order valence-corrected chi connectivity index (χ1v) is 8.79. The van der Waals surface area contributed by atoms with Gasteiger partial charge in [0.1, 0.15) is 11.6 Å². The summed E-state index contributed by atoms with van der Waals surface area (Å²) in [5.41, 5.74) is 0. The van der Waals surface area contributed by atoms with E-state index in [2.05, 4.69) is 31.6 Å². The molecule has 2 saturated heterocycles. The van der Waals surface area contributed by atoms with Crippen LogP contribution in [0.2, 0.25) is 0 Å². The molecular weight excluding hydrogens is 294 g/mol. The number of aliphatic hydroxyl groups is 2. The summed E-state index contributed by atoms with van der Waals surface area (Å²) in [7, 11) is 2.06. The van der Waals surface area contributed by atoms with Gasteiger partial charge in [0, 0.05) is 39.1 Å². The molecular formula is C16H29N5O2. The monoisotopic (exact) mass is 323 g/mol. The van der Waals surface area contributed by atoms with Crippen molar-refractivity contribution >= 4 is 0 Å². The van der Waals surface area contributed by atoms with Gasteiger partial charge in [0.05, 0.1) is 19.3 Å². The van der Waals surface area contributed by atoms with Gasteiger partial charge < -0.3 is 19.7 Å². The van der Waals surface area contributed by atoms with Gasteiger partial charge >= 0.3 is 0 Å². The number of β-amino-alcohol motifs (C(OH)–C–C–N with tert-alkyl or cyclic N) is 1. The minimum Gasteiger partial charge on any atom is -0.395 e. The van der Waals surface area contributed by atoms with E-state index in [0.717, 1.165) is 76.6 Å². The van der Waals surface area contributed by atoms with Gasteiger partial charge in [-0.3, -0.25) is 4.90 Å². The van der Waals surface area contributed by atoms with Crippen molar-refractivity contribution in [1.82, 2.24) is 24.6 Å². The van der Waals surface area contributed by atoms with Crippen LogP contribution < -0.4 is 0 Å².